The first-order valence-corrected chi connectivity index (χ1v) is 13.4. The number of oxazole rings is 1. The number of halogens is 2. The summed E-state index contributed by atoms with van der Waals surface area (Å²) in [5.41, 5.74) is 3.59. The molecule has 0 spiro atoms. The number of amides is 1. The Labute approximate surface area is 236 Å². The van der Waals surface area contributed by atoms with Crippen molar-refractivity contribution in [2.75, 3.05) is 11.9 Å². The lowest BCUT2D eigenvalue weighted by molar-refractivity contribution is -0.119. The average molecular weight is 574 g/mol. The van der Waals surface area contributed by atoms with Crippen molar-refractivity contribution in [2.45, 2.75) is 0 Å². The number of hydrogen-bond donors (Lipinski definition) is 1. The number of hydrogen-bond acceptors (Lipinski definition) is 7. The van der Waals surface area contributed by atoms with Crippen LogP contribution >= 0.6 is 34.5 Å². The second kappa shape index (κ2) is 10.5. The number of carbonyl (C=O) groups excluding carboxylic acids is 2. The SMILES string of the molecule is O=C(COC(=O)c1cccc2cccc(-c3nc4ccccc4o3)c12)Nc1nc(-c2ccc(Cl)cc2Cl)cs1. The monoisotopic (exact) mass is 573 g/mol. The third-order valence-corrected chi connectivity index (χ3v) is 7.25. The van der Waals surface area contributed by atoms with Crippen LogP contribution in [0.2, 0.25) is 10.0 Å². The minimum atomic E-state index is -0.646. The van der Waals surface area contributed by atoms with E-state index in [1.165, 1.54) is 11.3 Å². The summed E-state index contributed by atoms with van der Waals surface area (Å²) in [6.45, 7) is -0.489. The number of nitrogens with zero attached hydrogens (tertiary/aromatic N) is 2. The summed E-state index contributed by atoms with van der Waals surface area (Å²) in [5, 5.41) is 7.17. The number of carbonyl (C=O) groups is 2. The summed E-state index contributed by atoms with van der Waals surface area (Å²) in [4.78, 5) is 34.7. The molecular weight excluding hydrogens is 557 g/mol. The first kappa shape index (κ1) is 25.1. The number of ether oxygens (including phenoxy) is 1. The van der Waals surface area contributed by atoms with Crippen LogP contribution in [0.1, 0.15) is 10.4 Å². The predicted octanol–water partition coefficient (Wildman–Crippen LogP) is 7.87. The van der Waals surface area contributed by atoms with Crippen LogP contribution in [-0.2, 0) is 9.53 Å². The lowest BCUT2D eigenvalue weighted by Gasteiger charge is -2.10. The Bertz CT molecular complexity index is 1840. The molecule has 192 valence electrons. The van der Waals surface area contributed by atoms with Crippen LogP contribution in [0, 0.1) is 0 Å². The van der Waals surface area contributed by atoms with Crippen molar-refractivity contribution in [1.82, 2.24) is 9.97 Å². The molecule has 0 atom stereocenters. The molecule has 2 heterocycles. The molecule has 1 N–H and O–H groups in total. The Morgan fingerprint density at radius 3 is 2.56 bits per heavy atom. The van der Waals surface area contributed by atoms with E-state index in [-0.39, 0.29) is 0 Å². The van der Waals surface area contributed by atoms with Crippen molar-refractivity contribution in [3.8, 4) is 22.7 Å². The second-order valence-electron chi connectivity index (χ2n) is 8.48. The number of anilines is 1. The lowest BCUT2D eigenvalue weighted by atomic mass is 9.99. The fraction of sp³-hybridized carbons (Fsp3) is 0.0345. The van der Waals surface area contributed by atoms with Gasteiger partial charge in [0.2, 0.25) is 5.89 Å². The van der Waals surface area contributed by atoms with Gasteiger partial charge in [0.25, 0.3) is 5.91 Å². The Morgan fingerprint density at radius 1 is 0.923 bits per heavy atom. The molecule has 1 amide bonds. The van der Waals surface area contributed by atoms with E-state index in [0.29, 0.717) is 59.9 Å². The molecule has 0 saturated carbocycles. The van der Waals surface area contributed by atoms with Crippen molar-refractivity contribution in [1.29, 1.82) is 0 Å². The fourth-order valence-corrected chi connectivity index (χ4v) is 5.43. The Balaban J connectivity index is 1.20. The summed E-state index contributed by atoms with van der Waals surface area (Å²) in [5.74, 6) is -0.780. The zero-order valence-corrected chi connectivity index (χ0v) is 22.3. The van der Waals surface area contributed by atoms with Crippen molar-refractivity contribution >= 4 is 73.4 Å². The zero-order chi connectivity index (χ0) is 26.9. The third-order valence-electron chi connectivity index (χ3n) is 5.94. The van der Waals surface area contributed by atoms with Crippen LogP contribution in [0.5, 0.6) is 0 Å². The first-order chi connectivity index (χ1) is 19.0. The van der Waals surface area contributed by atoms with Gasteiger partial charge in [-0.3, -0.25) is 10.1 Å². The number of thiazole rings is 1. The number of benzene rings is 4. The maximum Gasteiger partial charge on any atom is 0.339 e. The van der Waals surface area contributed by atoms with Gasteiger partial charge in [0.05, 0.1) is 16.3 Å². The van der Waals surface area contributed by atoms with Crippen LogP contribution in [-0.4, -0.2) is 28.5 Å². The van der Waals surface area contributed by atoms with Gasteiger partial charge in [0.15, 0.2) is 17.3 Å². The number of aromatic nitrogens is 2. The predicted molar refractivity (Wildman–Crippen MR) is 153 cm³/mol. The van der Waals surface area contributed by atoms with E-state index in [2.05, 4.69) is 15.3 Å². The van der Waals surface area contributed by atoms with E-state index in [4.69, 9.17) is 32.4 Å². The average Bonchev–Trinajstić information content (AvgIpc) is 3.58. The van der Waals surface area contributed by atoms with Gasteiger partial charge < -0.3 is 9.15 Å². The summed E-state index contributed by atoms with van der Waals surface area (Å²) < 4.78 is 11.3. The largest absolute Gasteiger partial charge is 0.452 e. The standard InChI is InChI=1S/C29H17Cl2N3O4S/c30-17-11-12-18(21(31)13-17)23-15-39-29(33-23)34-25(35)14-37-28(36)20-8-4-6-16-5-3-7-19(26(16)20)27-32-22-9-1-2-10-24(22)38-27/h1-13,15H,14H2,(H,33,34,35). The lowest BCUT2D eigenvalue weighted by Crippen LogP contribution is -2.21. The molecule has 0 bridgehead atoms. The summed E-state index contributed by atoms with van der Waals surface area (Å²) in [6.07, 6.45) is 0. The van der Waals surface area contributed by atoms with Crippen LogP contribution in [0.25, 0.3) is 44.6 Å². The van der Waals surface area contributed by atoms with Gasteiger partial charge in [-0.1, -0.05) is 59.6 Å². The van der Waals surface area contributed by atoms with Crippen molar-refractivity contribution in [3.63, 3.8) is 0 Å². The molecular formula is C29H17Cl2N3O4S. The van der Waals surface area contributed by atoms with E-state index in [1.54, 1.807) is 35.7 Å². The molecule has 0 fully saturated rings. The van der Waals surface area contributed by atoms with Crippen LogP contribution in [0.4, 0.5) is 5.13 Å². The Morgan fingerprint density at radius 2 is 1.74 bits per heavy atom. The number of nitrogens with one attached hydrogen (secondary N) is 1. The van der Waals surface area contributed by atoms with E-state index < -0.39 is 18.5 Å². The number of esters is 1. The molecule has 6 aromatic rings. The van der Waals surface area contributed by atoms with E-state index >= 15 is 0 Å². The van der Waals surface area contributed by atoms with Gasteiger partial charge in [-0.25, -0.2) is 14.8 Å². The summed E-state index contributed by atoms with van der Waals surface area (Å²) in [6, 6.07) is 23.4. The van der Waals surface area contributed by atoms with Gasteiger partial charge in [-0.15, -0.1) is 11.3 Å². The molecule has 2 aromatic heterocycles. The minimum Gasteiger partial charge on any atom is -0.452 e. The maximum absolute atomic E-state index is 13.1. The Kier molecular flexibility index (Phi) is 6.74. The van der Waals surface area contributed by atoms with Crippen LogP contribution in [0.3, 0.4) is 0 Å². The molecule has 6 rings (SSSR count). The molecule has 0 saturated heterocycles. The molecule has 0 aliphatic heterocycles. The quantitative estimate of drug-likeness (QED) is 0.204. The highest BCUT2D eigenvalue weighted by Gasteiger charge is 2.19. The summed E-state index contributed by atoms with van der Waals surface area (Å²) in [7, 11) is 0. The molecule has 0 unspecified atom stereocenters. The normalized spacial score (nSPS) is 11.1. The van der Waals surface area contributed by atoms with Gasteiger partial charge in [0.1, 0.15) is 5.52 Å². The van der Waals surface area contributed by atoms with E-state index in [9.17, 15) is 9.59 Å². The second-order valence-corrected chi connectivity index (χ2v) is 10.2. The first-order valence-electron chi connectivity index (χ1n) is 11.7. The smallest absolute Gasteiger partial charge is 0.339 e. The molecule has 0 radical (unpaired) electrons. The number of para-hydroxylation sites is 2. The molecule has 4 aromatic carbocycles. The highest BCUT2D eigenvalue weighted by molar-refractivity contribution is 7.14. The van der Waals surface area contributed by atoms with Crippen LogP contribution < -0.4 is 5.32 Å². The number of fused-ring (bicyclic) bond motifs is 2. The molecule has 39 heavy (non-hydrogen) atoms. The molecule has 0 aliphatic carbocycles. The summed E-state index contributed by atoms with van der Waals surface area (Å²) >= 11 is 13.4. The fourth-order valence-electron chi connectivity index (χ4n) is 4.19. The van der Waals surface area contributed by atoms with E-state index in [0.717, 1.165) is 5.39 Å². The third kappa shape index (κ3) is 5.09. The van der Waals surface area contributed by atoms with Crippen molar-refractivity contribution in [2.24, 2.45) is 0 Å². The Hall–Kier alpha value is -4.24. The van der Waals surface area contributed by atoms with Gasteiger partial charge >= 0.3 is 5.97 Å². The van der Waals surface area contributed by atoms with Crippen molar-refractivity contribution < 1.29 is 18.7 Å². The maximum atomic E-state index is 13.1. The highest BCUT2D eigenvalue weighted by atomic mass is 35.5. The molecule has 7 nitrogen and oxygen atoms in total. The van der Waals surface area contributed by atoms with Gasteiger partial charge in [-0.2, -0.15) is 0 Å². The van der Waals surface area contributed by atoms with E-state index in [1.807, 2.05) is 48.5 Å². The highest BCUT2D eigenvalue weighted by Crippen LogP contribution is 2.34. The van der Waals surface area contributed by atoms with Gasteiger partial charge in [-0.05, 0) is 47.9 Å². The number of rotatable bonds is 6. The van der Waals surface area contributed by atoms with Crippen molar-refractivity contribution in [3.05, 3.63) is 99.9 Å². The topological polar surface area (TPSA) is 94.3 Å². The minimum absolute atomic E-state index is 0.298. The molecule has 0 aliphatic rings. The van der Waals surface area contributed by atoms with Crippen LogP contribution in [0.15, 0.2) is 88.7 Å². The zero-order valence-electron chi connectivity index (χ0n) is 20.0. The van der Waals surface area contributed by atoms with Gasteiger partial charge in [0, 0.05) is 26.9 Å². The molecule has 10 heteroatoms.